The van der Waals surface area contributed by atoms with Gasteiger partial charge in [-0.15, -0.1) is 0 Å². The first-order valence-electron chi connectivity index (χ1n) is 8.73. The molecule has 5 heteroatoms. The Morgan fingerprint density at radius 3 is 2.04 bits per heavy atom. The van der Waals surface area contributed by atoms with Crippen LogP contribution in [-0.4, -0.2) is 28.7 Å². The minimum atomic E-state index is -0.845. The number of hydrogen-bond donors (Lipinski definition) is 1. The van der Waals surface area contributed by atoms with E-state index in [1.54, 1.807) is 24.3 Å². The predicted molar refractivity (Wildman–Crippen MR) is 100.0 cm³/mol. The van der Waals surface area contributed by atoms with Gasteiger partial charge in [-0.05, 0) is 43.0 Å². The van der Waals surface area contributed by atoms with E-state index in [-0.39, 0.29) is 11.8 Å². The number of nitrogens with one attached hydrogen (secondary N) is 1. The quantitative estimate of drug-likeness (QED) is 0.837. The number of imide groups is 1. The standard InChI is InChI=1S/C21H22N2O3/c1-13(2)12-18(19(24)22-17-11-7-4-8-14(17)3)23-20(25)15-9-5-6-10-16(15)21(23)26/h4-11,13,18H,12H2,1-3H3,(H,22,24). The lowest BCUT2D eigenvalue weighted by molar-refractivity contribution is -0.120. The van der Waals surface area contributed by atoms with Gasteiger partial charge in [-0.2, -0.15) is 0 Å². The van der Waals surface area contributed by atoms with Crippen molar-refractivity contribution < 1.29 is 14.4 Å². The summed E-state index contributed by atoms with van der Waals surface area (Å²) in [6.07, 6.45) is 0.406. The second-order valence-electron chi connectivity index (χ2n) is 6.98. The summed E-state index contributed by atoms with van der Waals surface area (Å²) in [5.41, 5.74) is 2.32. The Bertz CT molecular complexity index is 838. The third-order valence-electron chi connectivity index (χ3n) is 4.54. The highest BCUT2D eigenvalue weighted by atomic mass is 16.2. The lowest BCUT2D eigenvalue weighted by atomic mass is 10.0. The smallest absolute Gasteiger partial charge is 0.262 e. The number of benzene rings is 2. The molecule has 2 aromatic rings. The maximum absolute atomic E-state index is 13.0. The highest BCUT2D eigenvalue weighted by Crippen LogP contribution is 2.27. The molecule has 0 saturated heterocycles. The molecule has 1 heterocycles. The average Bonchev–Trinajstić information content (AvgIpc) is 2.86. The summed E-state index contributed by atoms with van der Waals surface area (Å²) in [5, 5.41) is 2.88. The zero-order valence-corrected chi connectivity index (χ0v) is 15.2. The number of carbonyl (C=O) groups excluding carboxylic acids is 3. The Hall–Kier alpha value is -2.95. The molecule has 3 amide bonds. The Kier molecular flexibility index (Phi) is 4.89. The summed E-state index contributed by atoms with van der Waals surface area (Å²) in [5.74, 6) is -1.01. The Balaban J connectivity index is 1.92. The maximum Gasteiger partial charge on any atom is 0.262 e. The van der Waals surface area contributed by atoms with Gasteiger partial charge >= 0.3 is 0 Å². The zero-order chi connectivity index (χ0) is 18.8. The molecule has 134 valence electrons. The van der Waals surface area contributed by atoms with Gasteiger partial charge in [0.15, 0.2) is 0 Å². The van der Waals surface area contributed by atoms with Crippen LogP contribution in [0.3, 0.4) is 0 Å². The number of aryl methyl sites for hydroxylation is 1. The molecule has 1 aliphatic rings. The van der Waals surface area contributed by atoms with Gasteiger partial charge in [-0.25, -0.2) is 0 Å². The average molecular weight is 350 g/mol. The molecule has 26 heavy (non-hydrogen) atoms. The molecule has 0 radical (unpaired) electrons. The molecule has 2 aromatic carbocycles. The Morgan fingerprint density at radius 1 is 0.962 bits per heavy atom. The van der Waals surface area contributed by atoms with Crippen molar-refractivity contribution in [3.63, 3.8) is 0 Å². The van der Waals surface area contributed by atoms with Crippen LogP contribution >= 0.6 is 0 Å². The number of hydrogen-bond acceptors (Lipinski definition) is 3. The summed E-state index contributed by atoms with van der Waals surface area (Å²) in [6, 6.07) is 13.3. The van der Waals surface area contributed by atoms with Gasteiger partial charge in [0, 0.05) is 5.69 Å². The lowest BCUT2D eigenvalue weighted by Gasteiger charge is -2.27. The largest absolute Gasteiger partial charge is 0.324 e. The van der Waals surface area contributed by atoms with E-state index in [0.717, 1.165) is 10.5 Å². The van der Waals surface area contributed by atoms with E-state index < -0.39 is 17.9 Å². The van der Waals surface area contributed by atoms with Crippen molar-refractivity contribution in [2.45, 2.75) is 33.2 Å². The van der Waals surface area contributed by atoms with E-state index in [0.29, 0.717) is 23.2 Å². The van der Waals surface area contributed by atoms with Crippen LogP contribution in [0.25, 0.3) is 0 Å². The number of amides is 3. The molecule has 0 fully saturated rings. The molecular formula is C21H22N2O3. The summed E-state index contributed by atoms with van der Waals surface area (Å²) in [4.78, 5) is 39.6. The van der Waals surface area contributed by atoms with Crippen LogP contribution in [0.5, 0.6) is 0 Å². The second kappa shape index (κ2) is 7.12. The minimum absolute atomic E-state index is 0.145. The van der Waals surface area contributed by atoms with Crippen LogP contribution in [-0.2, 0) is 4.79 Å². The molecule has 1 N–H and O–H groups in total. The Labute approximate surface area is 153 Å². The van der Waals surface area contributed by atoms with Crippen molar-refractivity contribution >= 4 is 23.4 Å². The van der Waals surface area contributed by atoms with Crippen LogP contribution in [0.4, 0.5) is 5.69 Å². The highest BCUT2D eigenvalue weighted by Gasteiger charge is 2.42. The van der Waals surface area contributed by atoms with E-state index in [9.17, 15) is 14.4 Å². The first-order valence-corrected chi connectivity index (χ1v) is 8.73. The number of rotatable bonds is 5. The van der Waals surface area contributed by atoms with E-state index >= 15 is 0 Å². The summed E-state index contributed by atoms with van der Waals surface area (Å²) >= 11 is 0. The maximum atomic E-state index is 13.0. The number of nitrogens with zero attached hydrogens (tertiary/aromatic N) is 1. The zero-order valence-electron chi connectivity index (χ0n) is 15.2. The normalized spacial score (nSPS) is 14.5. The van der Waals surface area contributed by atoms with E-state index in [1.807, 2.05) is 45.0 Å². The molecule has 0 saturated carbocycles. The van der Waals surface area contributed by atoms with Gasteiger partial charge in [0.25, 0.3) is 11.8 Å². The minimum Gasteiger partial charge on any atom is -0.324 e. The van der Waals surface area contributed by atoms with Crippen molar-refractivity contribution in [3.05, 3.63) is 65.2 Å². The highest BCUT2D eigenvalue weighted by molar-refractivity contribution is 6.23. The molecule has 0 spiro atoms. The molecule has 5 nitrogen and oxygen atoms in total. The monoisotopic (exact) mass is 350 g/mol. The van der Waals surface area contributed by atoms with Gasteiger partial charge in [-0.1, -0.05) is 44.2 Å². The lowest BCUT2D eigenvalue weighted by Crippen LogP contribution is -2.48. The Morgan fingerprint density at radius 2 is 1.50 bits per heavy atom. The summed E-state index contributed by atoms with van der Waals surface area (Å²) < 4.78 is 0. The van der Waals surface area contributed by atoms with Gasteiger partial charge in [0.1, 0.15) is 6.04 Å². The second-order valence-corrected chi connectivity index (χ2v) is 6.98. The number of para-hydroxylation sites is 1. The molecule has 1 atom stereocenters. The third-order valence-corrected chi connectivity index (χ3v) is 4.54. The van der Waals surface area contributed by atoms with Gasteiger partial charge < -0.3 is 5.32 Å². The van der Waals surface area contributed by atoms with Crippen LogP contribution in [0, 0.1) is 12.8 Å². The fraction of sp³-hybridized carbons (Fsp3) is 0.286. The van der Waals surface area contributed by atoms with Crippen molar-refractivity contribution in [1.29, 1.82) is 0 Å². The van der Waals surface area contributed by atoms with Crippen LogP contribution < -0.4 is 5.32 Å². The number of anilines is 1. The van der Waals surface area contributed by atoms with Gasteiger partial charge in [0.05, 0.1) is 11.1 Å². The van der Waals surface area contributed by atoms with E-state index in [1.165, 1.54) is 0 Å². The molecule has 1 aliphatic heterocycles. The fourth-order valence-corrected chi connectivity index (χ4v) is 3.20. The van der Waals surface area contributed by atoms with E-state index in [4.69, 9.17) is 0 Å². The fourth-order valence-electron chi connectivity index (χ4n) is 3.20. The first kappa shape index (κ1) is 17.9. The van der Waals surface area contributed by atoms with E-state index in [2.05, 4.69) is 5.32 Å². The van der Waals surface area contributed by atoms with Crippen molar-refractivity contribution in [3.8, 4) is 0 Å². The van der Waals surface area contributed by atoms with Crippen molar-refractivity contribution in [1.82, 2.24) is 4.90 Å². The molecule has 0 bridgehead atoms. The molecule has 1 unspecified atom stereocenters. The molecule has 0 aromatic heterocycles. The summed E-state index contributed by atoms with van der Waals surface area (Å²) in [7, 11) is 0. The third kappa shape index (κ3) is 3.25. The number of fused-ring (bicyclic) bond motifs is 1. The SMILES string of the molecule is Cc1ccccc1NC(=O)C(CC(C)C)N1C(=O)c2ccccc2C1=O. The molecular weight excluding hydrogens is 328 g/mol. The summed E-state index contributed by atoms with van der Waals surface area (Å²) in [6.45, 7) is 5.83. The molecule has 3 rings (SSSR count). The number of carbonyl (C=O) groups is 3. The van der Waals surface area contributed by atoms with Crippen LogP contribution in [0.2, 0.25) is 0 Å². The van der Waals surface area contributed by atoms with Crippen LogP contribution in [0.1, 0.15) is 46.5 Å². The topological polar surface area (TPSA) is 66.5 Å². The van der Waals surface area contributed by atoms with Crippen molar-refractivity contribution in [2.75, 3.05) is 5.32 Å². The molecule has 0 aliphatic carbocycles. The predicted octanol–water partition coefficient (Wildman–Crippen LogP) is 3.64. The van der Waals surface area contributed by atoms with Gasteiger partial charge in [-0.3, -0.25) is 19.3 Å². The van der Waals surface area contributed by atoms with Crippen LogP contribution in [0.15, 0.2) is 48.5 Å². The van der Waals surface area contributed by atoms with Gasteiger partial charge in [0.2, 0.25) is 5.91 Å². The first-order chi connectivity index (χ1) is 12.4. The van der Waals surface area contributed by atoms with Crippen molar-refractivity contribution in [2.24, 2.45) is 5.92 Å².